The fraction of sp³-hybridized carbons (Fsp3) is 0.632. The third-order valence-electron chi connectivity index (χ3n) is 4.64. The van der Waals surface area contributed by atoms with E-state index in [0.717, 1.165) is 6.92 Å². The molecule has 0 heterocycles. The molecular formula is C19H33N7O10. The molecule has 17 heteroatoms. The molecule has 3 amide bonds. The number of nitrogens with one attached hydrogen (secondary N) is 3. The lowest BCUT2D eigenvalue weighted by atomic mass is 10.1. The minimum atomic E-state index is -1.77. The number of aliphatic carboxylic acids is 3. The number of rotatable bonds is 17. The van der Waals surface area contributed by atoms with Gasteiger partial charge in [-0.1, -0.05) is 0 Å². The largest absolute Gasteiger partial charge is 0.481 e. The van der Waals surface area contributed by atoms with Crippen molar-refractivity contribution in [1.82, 2.24) is 16.0 Å². The Balaban J connectivity index is 5.48. The van der Waals surface area contributed by atoms with Gasteiger partial charge in [0.05, 0.1) is 18.6 Å². The van der Waals surface area contributed by atoms with E-state index in [1.165, 1.54) is 0 Å². The Bertz CT molecular complexity index is 844. The molecule has 204 valence electrons. The zero-order chi connectivity index (χ0) is 28.0. The lowest BCUT2D eigenvalue weighted by Gasteiger charge is -2.25. The van der Waals surface area contributed by atoms with E-state index in [-0.39, 0.29) is 18.9 Å². The van der Waals surface area contributed by atoms with E-state index in [4.69, 9.17) is 32.5 Å². The number of aliphatic hydroxyl groups excluding tert-OH is 1. The summed E-state index contributed by atoms with van der Waals surface area (Å²) in [6.07, 6.45) is -3.18. The van der Waals surface area contributed by atoms with Crippen LogP contribution in [-0.4, -0.2) is 98.8 Å². The molecule has 0 aromatic heterocycles. The number of nitrogens with zero attached hydrogens (tertiary/aromatic N) is 1. The molecule has 0 saturated heterocycles. The molecule has 0 spiro atoms. The molecule has 36 heavy (non-hydrogen) atoms. The van der Waals surface area contributed by atoms with Gasteiger partial charge in [-0.25, -0.2) is 4.79 Å². The fourth-order valence-electron chi connectivity index (χ4n) is 2.76. The number of carbonyl (C=O) groups excluding carboxylic acids is 3. The molecule has 17 nitrogen and oxygen atoms in total. The van der Waals surface area contributed by atoms with Crippen molar-refractivity contribution in [2.75, 3.05) is 6.54 Å². The highest BCUT2D eigenvalue weighted by molar-refractivity contribution is 5.95. The van der Waals surface area contributed by atoms with E-state index in [9.17, 15) is 33.9 Å². The Morgan fingerprint density at radius 1 is 0.833 bits per heavy atom. The van der Waals surface area contributed by atoms with Crippen molar-refractivity contribution in [2.24, 2.45) is 22.2 Å². The van der Waals surface area contributed by atoms with E-state index in [1.54, 1.807) is 0 Å². The Morgan fingerprint density at radius 3 is 1.86 bits per heavy atom. The Labute approximate surface area is 205 Å². The van der Waals surface area contributed by atoms with E-state index >= 15 is 0 Å². The number of amides is 3. The van der Waals surface area contributed by atoms with Crippen LogP contribution in [0.25, 0.3) is 0 Å². The summed E-state index contributed by atoms with van der Waals surface area (Å²) in [4.78, 5) is 74.7. The van der Waals surface area contributed by atoms with Crippen LogP contribution >= 0.6 is 0 Å². The van der Waals surface area contributed by atoms with Gasteiger partial charge in [0, 0.05) is 13.0 Å². The van der Waals surface area contributed by atoms with Gasteiger partial charge in [-0.2, -0.15) is 0 Å². The molecular weight excluding hydrogens is 486 g/mol. The van der Waals surface area contributed by atoms with Gasteiger partial charge in [0.2, 0.25) is 17.7 Å². The summed E-state index contributed by atoms with van der Waals surface area (Å²) in [5.74, 6) is -7.75. The van der Waals surface area contributed by atoms with E-state index in [2.05, 4.69) is 15.6 Å². The topological polar surface area (TPSA) is 310 Å². The molecule has 0 bridgehead atoms. The van der Waals surface area contributed by atoms with Gasteiger partial charge < -0.3 is 53.6 Å². The number of hydrogen-bond donors (Lipinski definition) is 10. The summed E-state index contributed by atoms with van der Waals surface area (Å²) >= 11 is 0. The third kappa shape index (κ3) is 13.0. The highest BCUT2D eigenvalue weighted by Crippen LogP contribution is 2.04. The fourth-order valence-corrected chi connectivity index (χ4v) is 2.76. The first-order valence-electron chi connectivity index (χ1n) is 10.7. The van der Waals surface area contributed by atoms with Gasteiger partial charge >= 0.3 is 17.9 Å². The third-order valence-corrected chi connectivity index (χ3v) is 4.64. The van der Waals surface area contributed by atoms with Crippen molar-refractivity contribution in [3.63, 3.8) is 0 Å². The van der Waals surface area contributed by atoms with Crippen LogP contribution in [0, 0.1) is 0 Å². The maximum atomic E-state index is 12.7. The van der Waals surface area contributed by atoms with Crippen molar-refractivity contribution >= 4 is 41.6 Å². The summed E-state index contributed by atoms with van der Waals surface area (Å²) in [5, 5.41) is 42.9. The highest BCUT2D eigenvalue weighted by Gasteiger charge is 2.32. The van der Waals surface area contributed by atoms with Crippen molar-refractivity contribution in [3.05, 3.63) is 0 Å². The van der Waals surface area contributed by atoms with Crippen LogP contribution in [0.1, 0.15) is 39.0 Å². The molecule has 0 rings (SSSR count). The van der Waals surface area contributed by atoms with Crippen molar-refractivity contribution < 1.29 is 49.2 Å². The SMILES string of the molecule is CC(O)C(NC(=O)C(CCC(=O)O)NC(=O)C(CC(=O)O)NC(=O)C(N)CCCN=C(N)N)C(=O)O. The van der Waals surface area contributed by atoms with Gasteiger partial charge in [-0.05, 0) is 26.2 Å². The number of aliphatic hydroxyl groups is 1. The number of carboxylic acids is 3. The Morgan fingerprint density at radius 2 is 1.39 bits per heavy atom. The quantitative estimate of drug-likeness (QED) is 0.0493. The van der Waals surface area contributed by atoms with Gasteiger partial charge in [-0.15, -0.1) is 0 Å². The normalized spacial score (nSPS) is 14.8. The molecule has 13 N–H and O–H groups in total. The van der Waals surface area contributed by atoms with Crippen LogP contribution < -0.4 is 33.2 Å². The predicted octanol–water partition coefficient (Wildman–Crippen LogP) is -4.37. The van der Waals surface area contributed by atoms with E-state index in [1.807, 2.05) is 5.32 Å². The van der Waals surface area contributed by atoms with Crippen molar-refractivity contribution in [1.29, 1.82) is 0 Å². The van der Waals surface area contributed by atoms with Gasteiger partial charge in [0.1, 0.15) is 12.1 Å². The van der Waals surface area contributed by atoms with Crippen molar-refractivity contribution in [2.45, 2.75) is 69.3 Å². The average molecular weight is 520 g/mol. The van der Waals surface area contributed by atoms with Gasteiger partial charge in [-0.3, -0.25) is 29.0 Å². The maximum Gasteiger partial charge on any atom is 0.328 e. The zero-order valence-electron chi connectivity index (χ0n) is 19.5. The van der Waals surface area contributed by atoms with E-state index < -0.39 is 85.2 Å². The standard InChI is InChI=1S/C19H33N7O10/c1-8(27)14(18(35)36)26-16(33)10(4-5-12(28)29)24-17(34)11(7-13(30)31)25-15(32)9(20)3-2-6-23-19(21)22/h8-11,14,27H,2-7,20H2,1H3,(H,24,34)(H,25,32)(H,26,33)(H,28,29)(H,30,31)(H,35,36)(H4,21,22,23). The summed E-state index contributed by atoms with van der Waals surface area (Å²) in [5.41, 5.74) is 16.1. The minimum Gasteiger partial charge on any atom is -0.481 e. The minimum absolute atomic E-state index is 0.0869. The average Bonchev–Trinajstić information content (AvgIpc) is 2.75. The number of carbonyl (C=O) groups is 6. The molecule has 0 aliphatic rings. The molecule has 0 aromatic carbocycles. The second-order valence-electron chi connectivity index (χ2n) is 7.77. The van der Waals surface area contributed by atoms with Gasteiger partial charge in [0.15, 0.2) is 12.0 Å². The highest BCUT2D eigenvalue weighted by atomic mass is 16.4. The maximum absolute atomic E-state index is 12.7. The zero-order valence-corrected chi connectivity index (χ0v) is 19.5. The van der Waals surface area contributed by atoms with Gasteiger partial charge in [0.25, 0.3) is 0 Å². The van der Waals surface area contributed by atoms with Crippen LogP contribution in [0.2, 0.25) is 0 Å². The van der Waals surface area contributed by atoms with Crippen molar-refractivity contribution in [3.8, 4) is 0 Å². The number of carboxylic acid groups (broad SMARTS) is 3. The Kier molecular flexibility index (Phi) is 14.1. The molecule has 0 aliphatic heterocycles. The number of guanidine groups is 1. The van der Waals surface area contributed by atoms with Crippen LogP contribution in [0.5, 0.6) is 0 Å². The molecule has 0 aliphatic carbocycles. The predicted molar refractivity (Wildman–Crippen MR) is 122 cm³/mol. The monoisotopic (exact) mass is 519 g/mol. The second-order valence-corrected chi connectivity index (χ2v) is 7.77. The Hall–Kier alpha value is -3.99. The molecule has 0 radical (unpaired) electrons. The lowest BCUT2D eigenvalue weighted by molar-refractivity contribution is -0.146. The molecule has 0 fully saturated rings. The smallest absolute Gasteiger partial charge is 0.328 e. The van der Waals surface area contributed by atoms with Crippen LogP contribution in [-0.2, 0) is 28.8 Å². The molecule has 5 atom stereocenters. The lowest BCUT2D eigenvalue weighted by Crippen LogP contribution is -2.58. The summed E-state index contributed by atoms with van der Waals surface area (Å²) in [7, 11) is 0. The summed E-state index contributed by atoms with van der Waals surface area (Å²) in [6.45, 7) is 1.26. The first-order chi connectivity index (χ1) is 16.6. The number of hydrogen-bond acceptors (Lipinski definition) is 9. The summed E-state index contributed by atoms with van der Waals surface area (Å²) in [6, 6.07) is -6.26. The second kappa shape index (κ2) is 15.8. The number of aliphatic imine (C=N–C) groups is 1. The number of nitrogens with two attached hydrogens (primary N) is 3. The molecule has 0 aromatic rings. The van der Waals surface area contributed by atoms with Crippen LogP contribution in [0.4, 0.5) is 0 Å². The molecule has 0 saturated carbocycles. The van der Waals surface area contributed by atoms with Crippen LogP contribution in [0.3, 0.4) is 0 Å². The first kappa shape index (κ1) is 32.0. The van der Waals surface area contributed by atoms with E-state index in [0.29, 0.717) is 6.42 Å². The van der Waals surface area contributed by atoms with Crippen LogP contribution in [0.15, 0.2) is 4.99 Å². The summed E-state index contributed by atoms with van der Waals surface area (Å²) < 4.78 is 0. The first-order valence-corrected chi connectivity index (χ1v) is 10.7. The molecule has 5 unspecified atom stereocenters.